The Morgan fingerprint density at radius 1 is 1.00 bits per heavy atom. The number of hydrogen-bond donors (Lipinski definition) is 1. The second-order valence-corrected chi connectivity index (χ2v) is 8.17. The van der Waals surface area contributed by atoms with Crippen molar-refractivity contribution >= 4 is 11.7 Å². The lowest BCUT2D eigenvalue weighted by Crippen LogP contribution is -2.29. The van der Waals surface area contributed by atoms with Gasteiger partial charge < -0.3 is 14.6 Å². The predicted molar refractivity (Wildman–Crippen MR) is 115 cm³/mol. The molecule has 1 aliphatic carbocycles. The maximum absolute atomic E-state index is 13.5. The van der Waals surface area contributed by atoms with E-state index in [0.717, 1.165) is 45.8 Å². The van der Waals surface area contributed by atoms with E-state index in [9.17, 15) is 4.79 Å². The van der Waals surface area contributed by atoms with Crippen molar-refractivity contribution in [2.75, 3.05) is 12.4 Å². The summed E-state index contributed by atoms with van der Waals surface area (Å²) in [6, 6.07) is 16.4. The van der Waals surface area contributed by atoms with Gasteiger partial charge in [0.2, 0.25) is 5.88 Å². The number of nitrogens with zero attached hydrogens (tertiary/aromatic N) is 1. The number of anilines is 1. The van der Waals surface area contributed by atoms with Gasteiger partial charge in [0.15, 0.2) is 5.78 Å². The van der Waals surface area contributed by atoms with Gasteiger partial charge in [-0.1, -0.05) is 47.1 Å². The molecule has 30 heavy (non-hydrogen) atoms. The van der Waals surface area contributed by atoms with E-state index < -0.39 is 0 Å². The summed E-state index contributed by atoms with van der Waals surface area (Å²) in [4.78, 5) is 13.5. The molecule has 1 N–H and O–H groups in total. The van der Waals surface area contributed by atoms with Crippen LogP contribution in [0.5, 0.6) is 5.75 Å². The molecule has 5 heteroatoms. The molecular weight excluding hydrogens is 376 g/mol. The molecule has 0 saturated heterocycles. The topological polar surface area (TPSA) is 64.4 Å². The number of Topliss-reactive ketones (excluding diaryl/α,β-unsaturated/α-hetero) is 1. The summed E-state index contributed by atoms with van der Waals surface area (Å²) >= 11 is 0. The standard InChI is InChI=1S/C25H24N2O3/c1-14-4-6-17(7-5-14)23-22-15(2)27-30-25(22)26-20-12-18(13-21(28)24(20)23)16-8-10-19(29-3)11-9-16/h4-11,18,23,26H,12-13H2,1-3H3/t18-,23-/m1/s1. The summed E-state index contributed by atoms with van der Waals surface area (Å²) in [5.74, 6) is 1.63. The number of allylic oxidation sites excluding steroid dienone is 2. The Hall–Kier alpha value is -3.34. The van der Waals surface area contributed by atoms with E-state index in [1.54, 1.807) is 7.11 Å². The van der Waals surface area contributed by atoms with Gasteiger partial charge in [-0.15, -0.1) is 0 Å². The zero-order valence-corrected chi connectivity index (χ0v) is 17.4. The summed E-state index contributed by atoms with van der Waals surface area (Å²) < 4.78 is 10.9. The van der Waals surface area contributed by atoms with E-state index in [1.807, 2.05) is 31.2 Å². The van der Waals surface area contributed by atoms with E-state index in [0.29, 0.717) is 12.3 Å². The van der Waals surface area contributed by atoms with E-state index in [1.165, 1.54) is 5.56 Å². The Labute approximate surface area is 175 Å². The molecule has 5 nitrogen and oxygen atoms in total. The van der Waals surface area contributed by atoms with Crippen LogP contribution in [-0.4, -0.2) is 18.0 Å². The Morgan fingerprint density at radius 2 is 1.70 bits per heavy atom. The van der Waals surface area contributed by atoms with Gasteiger partial charge in [-0.25, -0.2) is 0 Å². The smallest absolute Gasteiger partial charge is 0.233 e. The van der Waals surface area contributed by atoms with Crippen molar-refractivity contribution < 1.29 is 14.1 Å². The third kappa shape index (κ3) is 3.02. The lowest BCUT2D eigenvalue weighted by molar-refractivity contribution is -0.116. The highest BCUT2D eigenvalue weighted by Crippen LogP contribution is 2.49. The molecule has 0 unspecified atom stereocenters. The first-order valence-corrected chi connectivity index (χ1v) is 10.2. The highest BCUT2D eigenvalue weighted by molar-refractivity contribution is 6.01. The fraction of sp³-hybridized carbons (Fsp3) is 0.280. The summed E-state index contributed by atoms with van der Waals surface area (Å²) in [6.45, 7) is 4.00. The van der Waals surface area contributed by atoms with Gasteiger partial charge in [0, 0.05) is 23.6 Å². The van der Waals surface area contributed by atoms with Gasteiger partial charge in [0.1, 0.15) is 5.75 Å². The van der Waals surface area contributed by atoms with Crippen LogP contribution in [0.1, 0.15) is 52.6 Å². The SMILES string of the molecule is COc1ccc([C@H]2CC(=O)C3=C(C2)Nc2onc(C)c2[C@H]3c2ccc(C)cc2)cc1. The van der Waals surface area contributed by atoms with Crippen LogP contribution in [0.15, 0.2) is 64.3 Å². The molecular formula is C25H24N2O3. The molecule has 1 aliphatic heterocycles. The summed E-state index contributed by atoms with van der Waals surface area (Å²) in [5, 5.41) is 7.57. The van der Waals surface area contributed by atoms with E-state index in [4.69, 9.17) is 9.26 Å². The van der Waals surface area contributed by atoms with Crippen molar-refractivity contribution in [1.29, 1.82) is 0 Å². The van der Waals surface area contributed by atoms with Crippen LogP contribution in [0.2, 0.25) is 0 Å². The number of fused-ring (bicyclic) bond motifs is 1. The summed E-state index contributed by atoms with van der Waals surface area (Å²) in [5.41, 5.74) is 7.01. The minimum Gasteiger partial charge on any atom is -0.497 e. The van der Waals surface area contributed by atoms with Crippen LogP contribution in [0.4, 0.5) is 5.88 Å². The van der Waals surface area contributed by atoms with Gasteiger partial charge in [-0.2, -0.15) is 0 Å². The van der Waals surface area contributed by atoms with Gasteiger partial charge in [0.05, 0.1) is 18.4 Å². The van der Waals surface area contributed by atoms with Crippen LogP contribution in [0.3, 0.4) is 0 Å². The van der Waals surface area contributed by atoms with E-state index >= 15 is 0 Å². The molecule has 1 aromatic heterocycles. The zero-order chi connectivity index (χ0) is 20.8. The monoisotopic (exact) mass is 400 g/mol. The average Bonchev–Trinajstić information content (AvgIpc) is 3.13. The largest absolute Gasteiger partial charge is 0.497 e. The van der Waals surface area contributed by atoms with E-state index in [-0.39, 0.29) is 17.6 Å². The van der Waals surface area contributed by atoms with Crippen molar-refractivity contribution in [2.45, 2.75) is 38.5 Å². The number of hydrogen-bond acceptors (Lipinski definition) is 5. The molecule has 0 radical (unpaired) electrons. The molecule has 0 spiro atoms. The fourth-order valence-electron chi connectivity index (χ4n) is 4.68. The maximum Gasteiger partial charge on any atom is 0.233 e. The molecule has 2 atom stereocenters. The highest BCUT2D eigenvalue weighted by atomic mass is 16.5. The second kappa shape index (κ2) is 7.17. The first kappa shape index (κ1) is 18.7. The molecule has 0 bridgehead atoms. The number of benzene rings is 2. The average molecular weight is 400 g/mol. The molecule has 3 aromatic rings. The molecule has 152 valence electrons. The minimum absolute atomic E-state index is 0.124. The Balaban J connectivity index is 1.58. The fourth-order valence-corrected chi connectivity index (χ4v) is 4.68. The predicted octanol–water partition coefficient (Wildman–Crippen LogP) is 5.26. The second-order valence-electron chi connectivity index (χ2n) is 8.17. The van der Waals surface area contributed by atoms with Crippen LogP contribution >= 0.6 is 0 Å². The molecule has 2 aromatic carbocycles. The van der Waals surface area contributed by atoms with Gasteiger partial charge >= 0.3 is 0 Å². The van der Waals surface area contributed by atoms with Crippen LogP contribution in [0, 0.1) is 13.8 Å². The number of rotatable bonds is 3. The zero-order valence-electron chi connectivity index (χ0n) is 17.4. The van der Waals surface area contributed by atoms with Crippen molar-refractivity contribution in [1.82, 2.24) is 5.16 Å². The minimum atomic E-state index is -0.146. The molecule has 5 rings (SSSR count). The number of ketones is 1. The Kier molecular flexibility index (Phi) is 4.46. The summed E-state index contributed by atoms with van der Waals surface area (Å²) in [7, 11) is 1.66. The van der Waals surface area contributed by atoms with Crippen molar-refractivity contribution in [2.24, 2.45) is 0 Å². The normalized spacial score (nSPS) is 20.4. The third-order valence-corrected chi connectivity index (χ3v) is 6.26. The summed E-state index contributed by atoms with van der Waals surface area (Å²) in [6.07, 6.45) is 1.25. The molecule has 0 amide bonds. The molecule has 0 fully saturated rings. The van der Waals surface area contributed by atoms with Crippen LogP contribution in [-0.2, 0) is 4.79 Å². The lowest BCUT2D eigenvalue weighted by Gasteiger charge is -2.34. The number of carbonyl (C=O) groups is 1. The first-order valence-electron chi connectivity index (χ1n) is 10.2. The number of aryl methyl sites for hydroxylation is 2. The highest BCUT2D eigenvalue weighted by Gasteiger charge is 2.41. The van der Waals surface area contributed by atoms with Gasteiger partial charge in [-0.3, -0.25) is 4.79 Å². The van der Waals surface area contributed by atoms with Gasteiger partial charge in [0.25, 0.3) is 0 Å². The quantitative estimate of drug-likeness (QED) is 0.650. The molecule has 2 heterocycles. The first-order chi connectivity index (χ1) is 14.5. The lowest BCUT2D eigenvalue weighted by atomic mass is 9.72. The number of nitrogens with one attached hydrogen (secondary N) is 1. The number of aromatic nitrogens is 1. The van der Waals surface area contributed by atoms with Crippen molar-refractivity contribution in [3.63, 3.8) is 0 Å². The molecule has 2 aliphatic rings. The van der Waals surface area contributed by atoms with Crippen molar-refractivity contribution in [3.05, 3.63) is 87.7 Å². The third-order valence-electron chi connectivity index (χ3n) is 6.26. The number of methoxy groups -OCH3 is 1. The Bertz CT molecular complexity index is 1140. The Morgan fingerprint density at radius 3 is 2.40 bits per heavy atom. The van der Waals surface area contributed by atoms with E-state index in [2.05, 4.69) is 41.7 Å². The number of ether oxygens (including phenoxy) is 1. The number of carbonyl (C=O) groups excluding carboxylic acids is 1. The van der Waals surface area contributed by atoms with Gasteiger partial charge in [-0.05, 0) is 49.4 Å². The maximum atomic E-state index is 13.5. The van der Waals surface area contributed by atoms with Crippen LogP contribution < -0.4 is 10.1 Å². The molecule has 0 saturated carbocycles. The van der Waals surface area contributed by atoms with Crippen molar-refractivity contribution in [3.8, 4) is 5.75 Å². The van der Waals surface area contributed by atoms with Crippen LogP contribution in [0.25, 0.3) is 0 Å².